The number of nitrogens with zero attached hydrogens (tertiary/aromatic N) is 4. The fourth-order valence-corrected chi connectivity index (χ4v) is 3.93. The molecule has 0 aliphatic heterocycles. The van der Waals surface area contributed by atoms with Gasteiger partial charge in [-0.2, -0.15) is 5.10 Å². The van der Waals surface area contributed by atoms with Gasteiger partial charge >= 0.3 is 0 Å². The Kier molecular flexibility index (Phi) is 7.27. The van der Waals surface area contributed by atoms with Crippen LogP contribution < -0.4 is 10.6 Å². The van der Waals surface area contributed by atoms with Crippen molar-refractivity contribution in [3.63, 3.8) is 0 Å². The van der Waals surface area contributed by atoms with Crippen molar-refractivity contribution in [1.29, 1.82) is 0 Å². The van der Waals surface area contributed by atoms with Crippen molar-refractivity contribution >= 4 is 45.9 Å². The molecule has 150 valence electrons. The van der Waals surface area contributed by atoms with Crippen LogP contribution in [0.4, 0.5) is 5.82 Å². The van der Waals surface area contributed by atoms with E-state index in [1.165, 1.54) is 0 Å². The SMILES string of the molecule is CCSc1nc(NCC(C)C)c2cnn(CCNC(=O)Cc3cccs3)c2n1. The minimum atomic E-state index is 0.0232. The summed E-state index contributed by atoms with van der Waals surface area (Å²) in [6.45, 7) is 8.32. The third-order valence-corrected chi connectivity index (χ3v) is 5.59. The number of hydrogen-bond acceptors (Lipinski definition) is 7. The van der Waals surface area contributed by atoms with Crippen molar-refractivity contribution in [2.75, 3.05) is 24.2 Å². The molecule has 0 atom stereocenters. The highest BCUT2D eigenvalue weighted by molar-refractivity contribution is 7.99. The van der Waals surface area contributed by atoms with Gasteiger partial charge in [0, 0.05) is 18.0 Å². The Morgan fingerprint density at radius 2 is 2.21 bits per heavy atom. The van der Waals surface area contributed by atoms with Crippen LogP contribution in [0.25, 0.3) is 11.0 Å². The van der Waals surface area contributed by atoms with Crippen LogP contribution in [0.3, 0.4) is 0 Å². The molecule has 0 spiro atoms. The number of hydrogen-bond donors (Lipinski definition) is 2. The van der Waals surface area contributed by atoms with Gasteiger partial charge in [-0.15, -0.1) is 11.3 Å². The van der Waals surface area contributed by atoms with Gasteiger partial charge in [0.2, 0.25) is 5.91 Å². The standard InChI is InChI=1S/C19H26N6OS2/c1-4-27-19-23-17(21-11-13(2)3)15-12-22-25(18(15)24-19)8-7-20-16(26)10-14-6-5-9-28-14/h5-6,9,12-13H,4,7-8,10-11H2,1-3H3,(H,20,26)(H,21,23,24). The lowest BCUT2D eigenvalue weighted by molar-refractivity contribution is -0.120. The summed E-state index contributed by atoms with van der Waals surface area (Å²) in [5.74, 6) is 2.26. The number of rotatable bonds is 10. The third-order valence-electron chi connectivity index (χ3n) is 3.99. The molecule has 0 bridgehead atoms. The van der Waals surface area contributed by atoms with Crippen LogP contribution in [0.1, 0.15) is 25.6 Å². The van der Waals surface area contributed by atoms with Crippen molar-refractivity contribution in [1.82, 2.24) is 25.1 Å². The van der Waals surface area contributed by atoms with Gasteiger partial charge in [0.15, 0.2) is 10.8 Å². The number of fused-ring (bicyclic) bond motifs is 1. The first-order valence-electron chi connectivity index (χ1n) is 9.46. The minimum absolute atomic E-state index is 0.0232. The second kappa shape index (κ2) is 9.88. The lowest BCUT2D eigenvalue weighted by atomic mass is 10.2. The average molecular weight is 419 g/mol. The summed E-state index contributed by atoms with van der Waals surface area (Å²) in [7, 11) is 0. The number of amides is 1. The van der Waals surface area contributed by atoms with Crippen molar-refractivity contribution in [3.05, 3.63) is 28.6 Å². The zero-order chi connectivity index (χ0) is 19.9. The molecule has 3 aromatic heterocycles. The number of thioether (sulfide) groups is 1. The van der Waals surface area contributed by atoms with Gasteiger partial charge in [-0.3, -0.25) is 4.79 Å². The van der Waals surface area contributed by atoms with E-state index in [0.717, 1.165) is 39.2 Å². The molecule has 1 amide bonds. The molecule has 0 unspecified atom stereocenters. The summed E-state index contributed by atoms with van der Waals surface area (Å²) in [5.41, 5.74) is 0.796. The maximum Gasteiger partial charge on any atom is 0.225 e. The lowest BCUT2D eigenvalue weighted by Gasteiger charge is -2.11. The summed E-state index contributed by atoms with van der Waals surface area (Å²) in [4.78, 5) is 22.5. The lowest BCUT2D eigenvalue weighted by Crippen LogP contribution is -2.28. The second-order valence-corrected chi connectivity index (χ2v) is 9.04. The Labute approximate surface area is 173 Å². The predicted octanol–water partition coefficient (Wildman–Crippen LogP) is 3.43. The van der Waals surface area contributed by atoms with Crippen LogP contribution in [0.2, 0.25) is 0 Å². The maximum atomic E-state index is 12.1. The molecule has 3 heterocycles. The van der Waals surface area contributed by atoms with Crippen molar-refractivity contribution in [2.24, 2.45) is 5.92 Å². The number of anilines is 1. The van der Waals surface area contributed by atoms with Crippen LogP contribution in [-0.4, -0.2) is 44.5 Å². The molecule has 7 nitrogen and oxygen atoms in total. The Morgan fingerprint density at radius 3 is 2.93 bits per heavy atom. The fraction of sp³-hybridized carbons (Fsp3) is 0.474. The zero-order valence-corrected chi connectivity index (χ0v) is 18.1. The molecular formula is C19H26N6OS2. The first kappa shape index (κ1) is 20.6. The normalized spacial score (nSPS) is 11.3. The number of carbonyl (C=O) groups is 1. The van der Waals surface area contributed by atoms with Crippen LogP contribution in [0, 0.1) is 5.92 Å². The minimum Gasteiger partial charge on any atom is -0.369 e. The first-order valence-corrected chi connectivity index (χ1v) is 11.3. The van der Waals surface area contributed by atoms with E-state index in [9.17, 15) is 4.79 Å². The van der Waals surface area contributed by atoms with Gasteiger partial charge in [-0.05, 0) is 23.1 Å². The van der Waals surface area contributed by atoms with Gasteiger partial charge in [-0.25, -0.2) is 14.6 Å². The van der Waals surface area contributed by atoms with E-state index in [4.69, 9.17) is 0 Å². The summed E-state index contributed by atoms with van der Waals surface area (Å²) < 4.78 is 1.84. The number of carbonyl (C=O) groups excluding carboxylic acids is 1. The highest BCUT2D eigenvalue weighted by Gasteiger charge is 2.14. The van der Waals surface area contributed by atoms with Gasteiger partial charge in [0.05, 0.1) is 24.5 Å². The van der Waals surface area contributed by atoms with Crippen molar-refractivity contribution < 1.29 is 4.79 Å². The van der Waals surface area contributed by atoms with Crippen LogP contribution in [-0.2, 0) is 17.8 Å². The molecule has 2 N–H and O–H groups in total. The molecule has 3 aromatic rings. The van der Waals surface area contributed by atoms with Gasteiger partial charge in [-0.1, -0.05) is 38.6 Å². The van der Waals surface area contributed by atoms with E-state index in [1.807, 2.05) is 22.2 Å². The molecule has 9 heteroatoms. The van der Waals surface area contributed by atoms with E-state index >= 15 is 0 Å². The number of thiophene rings is 1. The first-order chi connectivity index (χ1) is 13.6. The van der Waals surface area contributed by atoms with Crippen molar-refractivity contribution in [3.8, 4) is 0 Å². The summed E-state index contributed by atoms with van der Waals surface area (Å²) in [6, 6.07) is 3.93. The highest BCUT2D eigenvalue weighted by atomic mass is 32.2. The highest BCUT2D eigenvalue weighted by Crippen LogP contribution is 2.24. The van der Waals surface area contributed by atoms with Crippen molar-refractivity contribution in [2.45, 2.75) is 38.9 Å². The number of aromatic nitrogens is 4. The van der Waals surface area contributed by atoms with E-state index < -0.39 is 0 Å². The topological polar surface area (TPSA) is 84.7 Å². The smallest absolute Gasteiger partial charge is 0.225 e. The molecule has 28 heavy (non-hydrogen) atoms. The Bertz CT molecular complexity index is 907. The maximum absolute atomic E-state index is 12.1. The number of nitrogens with one attached hydrogen (secondary N) is 2. The fourth-order valence-electron chi connectivity index (χ4n) is 2.66. The summed E-state index contributed by atoms with van der Waals surface area (Å²) in [5, 5.41) is 14.5. The largest absolute Gasteiger partial charge is 0.369 e. The summed E-state index contributed by atoms with van der Waals surface area (Å²) >= 11 is 3.20. The predicted molar refractivity (Wildman–Crippen MR) is 116 cm³/mol. The Morgan fingerprint density at radius 1 is 1.36 bits per heavy atom. The molecule has 0 radical (unpaired) electrons. The van der Waals surface area contributed by atoms with Gasteiger partial charge in [0.1, 0.15) is 5.82 Å². The zero-order valence-electron chi connectivity index (χ0n) is 16.4. The molecular weight excluding hydrogens is 392 g/mol. The molecule has 0 aliphatic carbocycles. The summed E-state index contributed by atoms with van der Waals surface area (Å²) in [6.07, 6.45) is 2.21. The molecule has 0 aromatic carbocycles. The van der Waals surface area contributed by atoms with E-state index in [-0.39, 0.29) is 5.91 Å². The molecule has 0 fully saturated rings. The van der Waals surface area contributed by atoms with Crippen LogP contribution in [0.15, 0.2) is 28.9 Å². The molecule has 0 saturated heterocycles. The average Bonchev–Trinajstić information content (AvgIpc) is 3.30. The van der Waals surface area contributed by atoms with E-state index in [0.29, 0.717) is 25.4 Å². The monoisotopic (exact) mass is 418 g/mol. The van der Waals surface area contributed by atoms with Gasteiger partial charge in [0.25, 0.3) is 0 Å². The molecule has 3 rings (SSSR count). The Balaban J connectivity index is 1.69. The van der Waals surface area contributed by atoms with Crippen LogP contribution >= 0.6 is 23.1 Å². The third kappa shape index (κ3) is 5.45. The van der Waals surface area contributed by atoms with E-state index in [1.54, 1.807) is 29.3 Å². The molecule has 0 aliphatic rings. The molecule has 0 saturated carbocycles. The second-order valence-electron chi connectivity index (χ2n) is 6.77. The quantitative estimate of drug-likeness (QED) is 0.388. The van der Waals surface area contributed by atoms with Crippen LogP contribution in [0.5, 0.6) is 0 Å². The van der Waals surface area contributed by atoms with Gasteiger partial charge < -0.3 is 10.6 Å². The Hall–Kier alpha value is -2.13. The van der Waals surface area contributed by atoms with E-state index in [2.05, 4.69) is 46.5 Å².